The molecule has 3 rings (SSSR count). The minimum atomic E-state index is -0.0702. The lowest BCUT2D eigenvalue weighted by molar-refractivity contribution is -0.125. The Morgan fingerprint density at radius 1 is 1.38 bits per heavy atom. The van der Waals surface area contributed by atoms with Gasteiger partial charge in [-0.25, -0.2) is 4.98 Å². The molecular formula is C14H17N3O2S2. The van der Waals surface area contributed by atoms with Crippen LogP contribution in [-0.4, -0.2) is 40.6 Å². The third kappa shape index (κ3) is 2.85. The number of hydrogen-bond acceptors (Lipinski definition) is 5. The summed E-state index contributed by atoms with van der Waals surface area (Å²) in [6.45, 7) is 0. The van der Waals surface area contributed by atoms with Gasteiger partial charge in [-0.3, -0.25) is 9.59 Å². The number of amides is 1. The van der Waals surface area contributed by atoms with Gasteiger partial charge in [-0.2, -0.15) is 0 Å². The van der Waals surface area contributed by atoms with Gasteiger partial charge in [0.05, 0.1) is 11.1 Å². The molecule has 0 saturated carbocycles. The van der Waals surface area contributed by atoms with Crippen molar-refractivity contribution in [2.45, 2.75) is 30.8 Å². The highest BCUT2D eigenvalue weighted by molar-refractivity contribution is 7.99. The van der Waals surface area contributed by atoms with E-state index in [1.54, 1.807) is 25.4 Å². The van der Waals surface area contributed by atoms with Crippen LogP contribution >= 0.6 is 23.1 Å². The Morgan fingerprint density at radius 3 is 2.90 bits per heavy atom. The van der Waals surface area contributed by atoms with Crippen LogP contribution in [0.15, 0.2) is 9.95 Å². The van der Waals surface area contributed by atoms with Crippen molar-refractivity contribution in [2.24, 2.45) is 0 Å². The van der Waals surface area contributed by atoms with Crippen molar-refractivity contribution in [1.29, 1.82) is 0 Å². The van der Waals surface area contributed by atoms with E-state index in [2.05, 4.69) is 9.97 Å². The number of aromatic nitrogens is 2. The highest BCUT2D eigenvalue weighted by atomic mass is 32.2. The van der Waals surface area contributed by atoms with Crippen molar-refractivity contribution in [2.75, 3.05) is 19.8 Å². The largest absolute Gasteiger partial charge is 0.348 e. The molecule has 7 heteroatoms. The lowest BCUT2D eigenvalue weighted by Gasteiger charge is -2.10. The van der Waals surface area contributed by atoms with Crippen molar-refractivity contribution in [1.82, 2.24) is 14.9 Å². The van der Waals surface area contributed by atoms with Gasteiger partial charge < -0.3 is 9.88 Å². The minimum absolute atomic E-state index is 0.00761. The highest BCUT2D eigenvalue weighted by Crippen LogP contribution is 2.34. The average molecular weight is 323 g/mol. The minimum Gasteiger partial charge on any atom is -0.348 e. The van der Waals surface area contributed by atoms with Crippen LogP contribution in [0.4, 0.5) is 0 Å². The SMILES string of the molecule is CN(C)C(=O)CSc1nc2sc3c(c2c(=O)[nH]1)CCCC3. The Bertz CT molecular complexity index is 748. The summed E-state index contributed by atoms with van der Waals surface area (Å²) in [5.74, 6) is 0.292. The van der Waals surface area contributed by atoms with Crippen LogP contribution in [0.2, 0.25) is 0 Å². The molecule has 0 unspecified atom stereocenters. The molecule has 1 amide bonds. The maximum Gasteiger partial charge on any atom is 0.260 e. The molecule has 1 aliphatic carbocycles. The molecule has 0 aromatic carbocycles. The summed E-state index contributed by atoms with van der Waals surface area (Å²) in [6.07, 6.45) is 4.37. The van der Waals surface area contributed by atoms with E-state index in [0.717, 1.165) is 29.5 Å². The van der Waals surface area contributed by atoms with Gasteiger partial charge >= 0.3 is 0 Å². The molecule has 1 N–H and O–H groups in total. The number of fused-ring (bicyclic) bond motifs is 3. The van der Waals surface area contributed by atoms with Crippen LogP contribution in [-0.2, 0) is 17.6 Å². The van der Waals surface area contributed by atoms with E-state index in [0.29, 0.717) is 5.16 Å². The van der Waals surface area contributed by atoms with Crippen molar-refractivity contribution in [3.63, 3.8) is 0 Å². The molecule has 0 spiro atoms. The Morgan fingerprint density at radius 2 is 2.14 bits per heavy atom. The van der Waals surface area contributed by atoms with E-state index in [1.807, 2.05) is 0 Å². The number of aromatic amines is 1. The van der Waals surface area contributed by atoms with Gasteiger partial charge in [0, 0.05) is 19.0 Å². The average Bonchev–Trinajstić information content (AvgIpc) is 2.83. The Kier molecular flexibility index (Phi) is 4.03. The lowest BCUT2D eigenvalue weighted by Crippen LogP contribution is -2.23. The van der Waals surface area contributed by atoms with Crippen molar-refractivity contribution < 1.29 is 4.79 Å². The van der Waals surface area contributed by atoms with Gasteiger partial charge in [-0.15, -0.1) is 11.3 Å². The molecule has 0 aliphatic heterocycles. The zero-order chi connectivity index (χ0) is 15.0. The van der Waals surface area contributed by atoms with E-state index in [4.69, 9.17) is 0 Å². The maximum absolute atomic E-state index is 12.3. The van der Waals surface area contributed by atoms with Gasteiger partial charge in [-0.1, -0.05) is 11.8 Å². The lowest BCUT2D eigenvalue weighted by atomic mass is 9.97. The number of rotatable bonds is 3. The first kappa shape index (κ1) is 14.6. The summed E-state index contributed by atoms with van der Waals surface area (Å²) in [5, 5.41) is 1.29. The number of aryl methyl sites for hydroxylation is 2. The number of H-pyrrole nitrogens is 1. The van der Waals surface area contributed by atoms with Crippen molar-refractivity contribution in [3.05, 3.63) is 20.8 Å². The van der Waals surface area contributed by atoms with Crippen LogP contribution in [0.5, 0.6) is 0 Å². The maximum atomic E-state index is 12.3. The summed E-state index contributed by atoms with van der Waals surface area (Å²) in [6, 6.07) is 0. The standard InChI is InChI=1S/C14H17N3O2S2/c1-17(2)10(18)7-20-14-15-12(19)11-8-5-3-4-6-9(8)21-13(11)16-14/h3-7H2,1-2H3,(H,15,16,19). The predicted molar refractivity (Wildman–Crippen MR) is 86.3 cm³/mol. The third-order valence-corrected chi connectivity index (χ3v) is 5.68. The van der Waals surface area contributed by atoms with Crippen LogP contribution in [0, 0.1) is 0 Å². The molecule has 5 nitrogen and oxygen atoms in total. The normalized spacial score (nSPS) is 14.2. The van der Waals surface area contributed by atoms with Crippen LogP contribution < -0.4 is 5.56 Å². The van der Waals surface area contributed by atoms with E-state index >= 15 is 0 Å². The van der Waals surface area contributed by atoms with Crippen molar-refractivity contribution >= 4 is 39.2 Å². The predicted octanol–water partition coefficient (Wildman–Crippen LogP) is 2.04. The van der Waals surface area contributed by atoms with E-state index in [9.17, 15) is 9.59 Å². The Labute approximate surface area is 130 Å². The number of nitrogens with zero attached hydrogens (tertiary/aromatic N) is 2. The molecule has 21 heavy (non-hydrogen) atoms. The number of thiophene rings is 1. The Hall–Kier alpha value is -1.34. The summed E-state index contributed by atoms with van der Waals surface area (Å²) >= 11 is 2.91. The first-order valence-corrected chi connectivity index (χ1v) is 8.74. The van der Waals surface area contributed by atoms with Gasteiger partial charge in [0.1, 0.15) is 4.83 Å². The number of thioether (sulfide) groups is 1. The second-order valence-electron chi connectivity index (χ2n) is 5.34. The van der Waals surface area contributed by atoms with Gasteiger partial charge in [0.15, 0.2) is 5.16 Å². The number of carbonyl (C=O) groups is 1. The van der Waals surface area contributed by atoms with E-state index in [-0.39, 0.29) is 17.2 Å². The molecule has 0 atom stereocenters. The van der Waals surface area contributed by atoms with E-state index < -0.39 is 0 Å². The molecular weight excluding hydrogens is 306 g/mol. The monoisotopic (exact) mass is 323 g/mol. The summed E-state index contributed by atoms with van der Waals surface area (Å²) in [7, 11) is 3.44. The molecule has 0 bridgehead atoms. The summed E-state index contributed by atoms with van der Waals surface area (Å²) in [4.78, 5) is 34.9. The number of hydrogen-bond donors (Lipinski definition) is 1. The third-order valence-electron chi connectivity index (χ3n) is 3.63. The van der Waals surface area contributed by atoms with Crippen molar-refractivity contribution in [3.8, 4) is 0 Å². The van der Waals surface area contributed by atoms with Gasteiger partial charge in [0.25, 0.3) is 5.56 Å². The van der Waals surface area contributed by atoms with E-state index in [1.165, 1.54) is 33.5 Å². The highest BCUT2D eigenvalue weighted by Gasteiger charge is 2.20. The molecule has 0 fully saturated rings. The zero-order valence-corrected chi connectivity index (χ0v) is 13.7. The first-order valence-electron chi connectivity index (χ1n) is 6.94. The molecule has 2 aromatic rings. The zero-order valence-electron chi connectivity index (χ0n) is 12.1. The molecule has 0 radical (unpaired) electrons. The molecule has 1 aliphatic rings. The molecule has 0 saturated heterocycles. The first-order chi connectivity index (χ1) is 10.1. The molecule has 2 aromatic heterocycles. The summed E-state index contributed by atoms with van der Waals surface area (Å²) < 4.78 is 0. The van der Waals surface area contributed by atoms with Gasteiger partial charge in [0.2, 0.25) is 5.91 Å². The van der Waals surface area contributed by atoms with Crippen LogP contribution in [0.1, 0.15) is 23.3 Å². The number of nitrogens with one attached hydrogen (secondary N) is 1. The second-order valence-corrected chi connectivity index (χ2v) is 7.39. The van der Waals surface area contributed by atoms with Crippen LogP contribution in [0.25, 0.3) is 10.2 Å². The fourth-order valence-electron chi connectivity index (χ4n) is 2.47. The smallest absolute Gasteiger partial charge is 0.260 e. The Balaban J connectivity index is 1.93. The van der Waals surface area contributed by atoms with Crippen LogP contribution in [0.3, 0.4) is 0 Å². The van der Waals surface area contributed by atoms with Gasteiger partial charge in [-0.05, 0) is 31.2 Å². The fraction of sp³-hybridized carbons (Fsp3) is 0.500. The molecule has 2 heterocycles. The quantitative estimate of drug-likeness (QED) is 0.693. The molecule has 112 valence electrons. The number of carbonyl (C=O) groups excluding carboxylic acids is 1. The fourth-order valence-corrected chi connectivity index (χ4v) is 4.63. The summed E-state index contributed by atoms with van der Waals surface area (Å²) in [5.41, 5.74) is 1.12. The second kappa shape index (κ2) is 5.81. The topological polar surface area (TPSA) is 66.1 Å².